The Balaban J connectivity index is 2.54. The quantitative estimate of drug-likeness (QED) is 0.563. The molecule has 1 aromatic rings. The summed E-state index contributed by atoms with van der Waals surface area (Å²) in [6.45, 7) is 5.02. The van der Waals surface area contributed by atoms with Crippen LogP contribution in [0.15, 0.2) is 18.2 Å². The minimum Gasteiger partial charge on any atom is -0.493 e. The van der Waals surface area contributed by atoms with Gasteiger partial charge in [0.2, 0.25) is 5.91 Å². The molecule has 0 spiro atoms. The molecule has 0 aliphatic rings. The van der Waals surface area contributed by atoms with Gasteiger partial charge in [-0.2, -0.15) is 0 Å². The molecule has 1 rings (SSSR count). The van der Waals surface area contributed by atoms with Gasteiger partial charge in [0.25, 0.3) is 0 Å². The van der Waals surface area contributed by atoms with E-state index in [2.05, 4.69) is 12.2 Å². The number of benzene rings is 1. The smallest absolute Gasteiger partial charge is 0.237 e. The maximum atomic E-state index is 11.4. The number of methoxy groups -OCH3 is 1. The van der Waals surface area contributed by atoms with Crippen LogP contribution < -0.4 is 14.8 Å². The summed E-state index contributed by atoms with van der Waals surface area (Å²) in [5.74, 6) is 1.33. The zero-order chi connectivity index (χ0) is 15.7. The van der Waals surface area contributed by atoms with Gasteiger partial charge >= 0.3 is 0 Å². The van der Waals surface area contributed by atoms with E-state index >= 15 is 0 Å². The second kappa shape index (κ2) is 9.50. The monoisotopic (exact) mass is 313 g/mol. The summed E-state index contributed by atoms with van der Waals surface area (Å²) in [7, 11) is 1.63. The Morgan fingerprint density at radius 1 is 1.38 bits per heavy atom. The minimum absolute atomic E-state index is 0.150. The molecule has 1 N–H and O–H groups in total. The van der Waals surface area contributed by atoms with E-state index in [1.165, 1.54) is 0 Å². The fourth-order valence-electron chi connectivity index (χ4n) is 1.78. The molecule has 0 aliphatic heterocycles. The Labute approximate surface area is 131 Å². The van der Waals surface area contributed by atoms with Crippen molar-refractivity contribution < 1.29 is 14.3 Å². The molecule has 118 valence electrons. The lowest BCUT2D eigenvalue weighted by Gasteiger charge is -2.12. The Kier molecular flexibility index (Phi) is 7.98. The van der Waals surface area contributed by atoms with Crippen LogP contribution >= 0.6 is 11.6 Å². The molecule has 0 aromatic heterocycles. The normalized spacial score (nSPS) is 11.8. The van der Waals surface area contributed by atoms with Gasteiger partial charge in [-0.3, -0.25) is 4.79 Å². The van der Waals surface area contributed by atoms with E-state index < -0.39 is 5.38 Å². The summed E-state index contributed by atoms with van der Waals surface area (Å²) in [5, 5.41) is 2.28. The second-order valence-corrected chi connectivity index (χ2v) is 5.50. The third kappa shape index (κ3) is 6.25. The van der Waals surface area contributed by atoms with Crippen molar-refractivity contribution in [3.05, 3.63) is 23.8 Å². The SMILES string of the molecule is CCCCOc1ccc(CCNC(=O)C(C)Cl)cc1OC. The van der Waals surface area contributed by atoms with Gasteiger partial charge in [0, 0.05) is 6.54 Å². The Morgan fingerprint density at radius 2 is 2.14 bits per heavy atom. The zero-order valence-electron chi connectivity index (χ0n) is 12.9. The lowest BCUT2D eigenvalue weighted by atomic mass is 10.1. The van der Waals surface area contributed by atoms with Crippen LogP contribution in [-0.2, 0) is 11.2 Å². The van der Waals surface area contributed by atoms with Crippen molar-refractivity contribution in [2.45, 2.75) is 38.5 Å². The number of carbonyl (C=O) groups is 1. The summed E-state index contributed by atoms with van der Waals surface area (Å²) in [5.41, 5.74) is 1.08. The van der Waals surface area contributed by atoms with Crippen LogP contribution in [-0.4, -0.2) is 31.5 Å². The number of hydrogen-bond acceptors (Lipinski definition) is 3. The molecule has 0 saturated heterocycles. The number of nitrogens with one attached hydrogen (secondary N) is 1. The topological polar surface area (TPSA) is 47.6 Å². The van der Waals surface area contributed by atoms with Crippen molar-refractivity contribution in [3.63, 3.8) is 0 Å². The zero-order valence-corrected chi connectivity index (χ0v) is 13.7. The fraction of sp³-hybridized carbons (Fsp3) is 0.562. The van der Waals surface area contributed by atoms with E-state index in [1.807, 2.05) is 18.2 Å². The van der Waals surface area contributed by atoms with E-state index in [0.29, 0.717) is 13.2 Å². The molecule has 0 heterocycles. The largest absolute Gasteiger partial charge is 0.493 e. The number of ether oxygens (including phenoxy) is 2. The summed E-state index contributed by atoms with van der Waals surface area (Å²) in [6.07, 6.45) is 2.84. The maximum Gasteiger partial charge on any atom is 0.237 e. The van der Waals surface area contributed by atoms with Crippen LogP contribution in [0.25, 0.3) is 0 Å². The second-order valence-electron chi connectivity index (χ2n) is 4.84. The predicted octanol–water partition coefficient (Wildman–Crippen LogP) is 3.16. The van der Waals surface area contributed by atoms with Crippen molar-refractivity contribution in [2.24, 2.45) is 0 Å². The highest BCUT2D eigenvalue weighted by atomic mass is 35.5. The molecule has 0 radical (unpaired) electrons. The summed E-state index contributed by atoms with van der Waals surface area (Å²) in [6, 6.07) is 5.84. The minimum atomic E-state index is -0.506. The molecule has 1 aromatic carbocycles. The first-order valence-electron chi connectivity index (χ1n) is 7.30. The molecule has 0 saturated carbocycles. The van der Waals surface area contributed by atoms with E-state index in [9.17, 15) is 4.79 Å². The van der Waals surface area contributed by atoms with Crippen molar-refractivity contribution in [1.29, 1.82) is 0 Å². The first kappa shape index (κ1) is 17.6. The van der Waals surface area contributed by atoms with Crippen molar-refractivity contribution in [3.8, 4) is 11.5 Å². The van der Waals surface area contributed by atoms with Crippen molar-refractivity contribution in [1.82, 2.24) is 5.32 Å². The lowest BCUT2D eigenvalue weighted by molar-refractivity contribution is -0.120. The number of unbranched alkanes of at least 4 members (excludes halogenated alkanes) is 1. The highest BCUT2D eigenvalue weighted by molar-refractivity contribution is 6.30. The van der Waals surface area contributed by atoms with Gasteiger partial charge < -0.3 is 14.8 Å². The predicted molar refractivity (Wildman–Crippen MR) is 85.4 cm³/mol. The highest BCUT2D eigenvalue weighted by Crippen LogP contribution is 2.28. The standard InChI is InChI=1S/C16H24ClNO3/c1-4-5-10-21-14-7-6-13(11-15(14)20-3)8-9-18-16(19)12(2)17/h6-7,11-12H,4-5,8-10H2,1-3H3,(H,18,19). The molecular formula is C16H24ClNO3. The molecule has 21 heavy (non-hydrogen) atoms. The molecule has 1 atom stereocenters. The molecule has 5 heteroatoms. The lowest BCUT2D eigenvalue weighted by Crippen LogP contribution is -2.31. The molecule has 1 unspecified atom stereocenters. The molecule has 0 fully saturated rings. The Hall–Kier alpha value is -1.42. The Morgan fingerprint density at radius 3 is 2.76 bits per heavy atom. The molecule has 0 bridgehead atoms. The summed E-state index contributed by atoms with van der Waals surface area (Å²) < 4.78 is 11.0. The van der Waals surface area contributed by atoms with Crippen LogP contribution in [0.2, 0.25) is 0 Å². The van der Waals surface area contributed by atoms with Gasteiger partial charge in [0.1, 0.15) is 5.38 Å². The fourth-order valence-corrected chi connectivity index (χ4v) is 1.86. The van der Waals surface area contributed by atoms with E-state index in [4.69, 9.17) is 21.1 Å². The van der Waals surface area contributed by atoms with Crippen LogP contribution in [0.1, 0.15) is 32.3 Å². The van der Waals surface area contributed by atoms with E-state index in [0.717, 1.165) is 36.3 Å². The van der Waals surface area contributed by atoms with Crippen molar-refractivity contribution >= 4 is 17.5 Å². The van der Waals surface area contributed by atoms with Gasteiger partial charge in [-0.05, 0) is 37.5 Å². The average Bonchev–Trinajstić information content (AvgIpc) is 2.48. The van der Waals surface area contributed by atoms with Gasteiger partial charge in [-0.1, -0.05) is 19.4 Å². The van der Waals surface area contributed by atoms with Crippen LogP contribution in [0, 0.1) is 0 Å². The van der Waals surface area contributed by atoms with Crippen molar-refractivity contribution in [2.75, 3.05) is 20.3 Å². The molecule has 0 aliphatic carbocycles. The van der Waals surface area contributed by atoms with Crippen LogP contribution in [0.4, 0.5) is 0 Å². The number of halogens is 1. The summed E-state index contributed by atoms with van der Waals surface area (Å²) >= 11 is 5.69. The molecule has 4 nitrogen and oxygen atoms in total. The molecular weight excluding hydrogens is 290 g/mol. The first-order valence-corrected chi connectivity index (χ1v) is 7.73. The molecule has 1 amide bonds. The number of hydrogen-bond donors (Lipinski definition) is 1. The maximum absolute atomic E-state index is 11.4. The average molecular weight is 314 g/mol. The number of alkyl halides is 1. The van der Waals surface area contributed by atoms with Crippen LogP contribution in [0.5, 0.6) is 11.5 Å². The van der Waals surface area contributed by atoms with Gasteiger partial charge in [-0.15, -0.1) is 11.6 Å². The van der Waals surface area contributed by atoms with E-state index in [-0.39, 0.29) is 5.91 Å². The van der Waals surface area contributed by atoms with Crippen LogP contribution in [0.3, 0.4) is 0 Å². The number of rotatable bonds is 9. The highest BCUT2D eigenvalue weighted by Gasteiger charge is 2.09. The van der Waals surface area contributed by atoms with E-state index in [1.54, 1.807) is 14.0 Å². The number of amides is 1. The summed E-state index contributed by atoms with van der Waals surface area (Å²) in [4.78, 5) is 11.4. The van der Waals surface area contributed by atoms with Gasteiger partial charge in [0.15, 0.2) is 11.5 Å². The first-order chi connectivity index (χ1) is 10.1. The Bertz CT molecular complexity index is 449. The number of carbonyl (C=O) groups excluding carboxylic acids is 1. The van der Waals surface area contributed by atoms with Gasteiger partial charge in [-0.25, -0.2) is 0 Å². The van der Waals surface area contributed by atoms with Gasteiger partial charge in [0.05, 0.1) is 13.7 Å². The third-order valence-corrected chi connectivity index (χ3v) is 3.26. The third-order valence-electron chi connectivity index (χ3n) is 3.06.